The monoisotopic (exact) mass is 539 g/mol. The second kappa shape index (κ2) is 10.3. The molecule has 0 saturated carbocycles. The number of benzene rings is 1. The first-order chi connectivity index (χ1) is 19.0. The van der Waals surface area contributed by atoms with E-state index >= 15 is 4.39 Å². The quantitative estimate of drug-likeness (QED) is 0.215. The summed E-state index contributed by atoms with van der Waals surface area (Å²) < 4.78 is 15.2. The number of carbonyl (C=O) groups is 1. The molecule has 0 aliphatic heterocycles. The van der Waals surface area contributed by atoms with Crippen LogP contribution in [0.4, 0.5) is 15.9 Å². The fourth-order valence-corrected chi connectivity index (χ4v) is 4.46. The third-order valence-corrected chi connectivity index (χ3v) is 6.24. The predicted molar refractivity (Wildman–Crippen MR) is 157 cm³/mol. The van der Waals surface area contributed by atoms with E-state index in [0.717, 1.165) is 11.2 Å². The molecule has 4 aromatic heterocycles. The van der Waals surface area contributed by atoms with Crippen LogP contribution in [0.15, 0.2) is 59.7 Å². The normalized spacial score (nSPS) is 12.2. The number of amides is 1. The lowest BCUT2D eigenvalue weighted by Gasteiger charge is -2.17. The highest BCUT2D eigenvalue weighted by Gasteiger charge is 2.20. The van der Waals surface area contributed by atoms with Crippen LogP contribution < -0.4 is 10.2 Å². The van der Waals surface area contributed by atoms with E-state index in [1.165, 1.54) is 6.07 Å². The SMILES string of the molecule is C=N/C(C)=C\N(C)c1nccc2[nH]c(-c3[nH]nc4c(F)cc(-c5cncc(NC(=O)CC(C)(C)C)c5)cc34)nc12. The fourth-order valence-electron chi connectivity index (χ4n) is 4.46. The zero-order valence-corrected chi connectivity index (χ0v) is 23.0. The average Bonchev–Trinajstić information content (AvgIpc) is 3.51. The molecule has 0 bridgehead atoms. The number of aliphatic imine (C=N–C) groups is 1. The zero-order chi connectivity index (χ0) is 28.6. The minimum absolute atomic E-state index is 0.110. The number of pyridine rings is 2. The van der Waals surface area contributed by atoms with Crippen molar-refractivity contribution in [3.05, 3.63) is 60.6 Å². The third-order valence-electron chi connectivity index (χ3n) is 6.24. The summed E-state index contributed by atoms with van der Waals surface area (Å²) in [7, 11) is 1.85. The van der Waals surface area contributed by atoms with Crippen LogP contribution in [0.25, 0.3) is 44.6 Å². The predicted octanol–water partition coefficient (Wildman–Crippen LogP) is 6.08. The summed E-state index contributed by atoms with van der Waals surface area (Å²) in [5, 5.41) is 10.6. The van der Waals surface area contributed by atoms with Gasteiger partial charge in [-0.2, -0.15) is 5.10 Å². The molecule has 0 radical (unpaired) electrons. The maximum Gasteiger partial charge on any atom is 0.224 e. The number of rotatable bonds is 7. The van der Waals surface area contributed by atoms with Crippen LogP contribution in [-0.2, 0) is 4.79 Å². The molecule has 1 amide bonds. The van der Waals surface area contributed by atoms with Gasteiger partial charge < -0.3 is 15.2 Å². The highest BCUT2D eigenvalue weighted by molar-refractivity contribution is 5.98. The molecule has 0 fully saturated rings. The Kier molecular flexibility index (Phi) is 6.88. The van der Waals surface area contributed by atoms with Gasteiger partial charge in [0.2, 0.25) is 5.91 Å². The van der Waals surface area contributed by atoms with Crippen LogP contribution in [0, 0.1) is 11.2 Å². The summed E-state index contributed by atoms with van der Waals surface area (Å²) >= 11 is 0. The number of H-pyrrole nitrogens is 2. The Morgan fingerprint density at radius 2 is 2.00 bits per heavy atom. The molecule has 5 rings (SSSR count). The molecular formula is C29H30FN9O. The highest BCUT2D eigenvalue weighted by Crippen LogP contribution is 2.34. The van der Waals surface area contributed by atoms with Crippen LogP contribution in [-0.4, -0.2) is 49.8 Å². The molecule has 0 saturated heterocycles. The van der Waals surface area contributed by atoms with Crippen LogP contribution in [0.3, 0.4) is 0 Å². The first-order valence-corrected chi connectivity index (χ1v) is 12.7. The number of nitrogens with one attached hydrogen (secondary N) is 3. The molecule has 0 spiro atoms. The molecule has 0 aliphatic carbocycles. The molecule has 0 aliphatic rings. The summed E-state index contributed by atoms with van der Waals surface area (Å²) in [5.41, 5.74) is 4.46. The van der Waals surface area contributed by atoms with Gasteiger partial charge in [0.1, 0.15) is 16.7 Å². The Bertz CT molecular complexity index is 1780. The lowest BCUT2D eigenvalue weighted by Crippen LogP contribution is -2.19. The minimum Gasteiger partial charge on any atom is -0.336 e. The molecule has 10 nitrogen and oxygen atoms in total. The van der Waals surface area contributed by atoms with Gasteiger partial charge >= 0.3 is 0 Å². The van der Waals surface area contributed by atoms with Gasteiger partial charge in [0.15, 0.2) is 17.5 Å². The standard InChI is InChI=1S/C29H30FN9O/c1-16(31-5)15-39(6)28-26-22(7-8-33-28)35-27(36-26)25-20-10-17(11-21(30)24(20)37-38-25)18-9-19(14-32-13-18)34-23(40)12-29(2,3)4/h7-11,13-15H,5,12H2,1-4,6H3,(H,34,40)(H,35,36)(H,37,38)/b16-15-. The number of carbonyl (C=O) groups excluding carboxylic acids is 1. The number of hydrogen-bond donors (Lipinski definition) is 3. The van der Waals surface area contributed by atoms with Gasteiger partial charge in [-0.05, 0) is 48.9 Å². The number of imidazole rings is 1. The van der Waals surface area contributed by atoms with Crippen LogP contribution >= 0.6 is 0 Å². The number of halogens is 1. The van der Waals surface area contributed by atoms with Crippen molar-refractivity contribution < 1.29 is 9.18 Å². The highest BCUT2D eigenvalue weighted by atomic mass is 19.1. The number of nitrogens with zero attached hydrogens (tertiary/aromatic N) is 6. The first kappa shape index (κ1) is 26.7. The number of hydrogen-bond acceptors (Lipinski definition) is 7. The van der Waals surface area contributed by atoms with Crippen LogP contribution in [0.2, 0.25) is 0 Å². The van der Waals surface area contributed by atoms with Crippen molar-refractivity contribution in [2.45, 2.75) is 34.1 Å². The van der Waals surface area contributed by atoms with Crippen molar-refractivity contribution in [1.29, 1.82) is 0 Å². The number of allylic oxidation sites excluding steroid dienone is 1. The first-order valence-electron chi connectivity index (χ1n) is 12.7. The van der Waals surface area contributed by atoms with Gasteiger partial charge in [-0.15, -0.1) is 0 Å². The van der Waals surface area contributed by atoms with E-state index in [1.807, 2.05) is 58.0 Å². The van der Waals surface area contributed by atoms with Crippen molar-refractivity contribution >= 4 is 46.1 Å². The lowest BCUT2D eigenvalue weighted by molar-refractivity contribution is -0.117. The van der Waals surface area contributed by atoms with Crippen molar-refractivity contribution in [1.82, 2.24) is 30.1 Å². The van der Waals surface area contributed by atoms with Crippen molar-refractivity contribution in [2.75, 3.05) is 17.3 Å². The van der Waals surface area contributed by atoms with E-state index in [4.69, 9.17) is 4.98 Å². The maximum absolute atomic E-state index is 15.2. The number of aromatic nitrogens is 6. The van der Waals surface area contributed by atoms with E-state index in [9.17, 15) is 4.79 Å². The van der Waals surface area contributed by atoms with E-state index in [1.54, 1.807) is 24.7 Å². The van der Waals surface area contributed by atoms with Gasteiger partial charge in [0, 0.05) is 43.0 Å². The summed E-state index contributed by atoms with van der Waals surface area (Å²) in [5.74, 6) is 0.504. The van der Waals surface area contributed by atoms with Gasteiger partial charge in [-0.1, -0.05) is 20.8 Å². The Labute approximate surface area is 230 Å². The lowest BCUT2D eigenvalue weighted by atomic mass is 9.92. The van der Waals surface area contributed by atoms with Gasteiger partial charge in [-0.25, -0.2) is 14.4 Å². The zero-order valence-electron chi connectivity index (χ0n) is 23.0. The van der Waals surface area contributed by atoms with Crippen LogP contribution in [0.1, 0.15) is 34.1 Å². The minimum atomic E-state index is -0.493. The molecule has 40 heavy (non-hydrogen) atoms. The molecule has 11 heteroatoms. The molecular weight excluding hydrogens is 509 g/mol. The van der Waals surface area contributed by atoms with E-state index in [-0.39, 0.29) is 16.8 Å². The van der Waals surface area contributed by atoms with Crippen LogP contribution in [0.5, 0.6) is 0 Å². The number of fused-ring (bicyclic) bond motifs is 2. The van der Waals surface area contributed by atoms with Crippen molar-refractivity contribution in [2.24, 2.45) is 10.4 Å². The molecule has 3 N–H and O–H groups in total. The smallest absolute Gasteiger partial charge is 0.224 e. The molecule has 0 unspecified atom stereocenters. The largest absolute Gasteiger partial charge is 0.336 e. The maximum atomic E-state index is 15.2. The molecule has 0 atom stereocenters. The summed E-state index contributed by atoms with van der Waals surface area (Å²) in [6.45, 7) is 11.4. The molecule has 5 aromatic rings. The topological polar surface area (TPSA) is 128 Å². The summed E-state index contributed by atoms with van der Waals surface area (Å²) in [6.07, 6.45) is 7.05. The number of aromatic amines is 2. The third kappa shape index (κ3) is 5.44. The Hall–Kier alpha value is -4.93. The Morgan fingerprint density at radius 1 is 1.20 bits per heavy atom. The summed E-state index contributed by atoms with van der Waals surface area (Å²) in [6, 6.07) is 6.83. The van der Waals surface area contributed by atoms with E-state index in [0.29, 0.717) is 51.5 Å². The fraction of sp³-hybridized carbons (Fsp3) is 0.241. The Balaban J connectivity index is 1.54. The molecule has 4 heterocycles. The Morgan fingerprint density at radius 3 is 2.75 bits per heavy atom. The molecule has 1 aromatic carbocycles. The summed E-state index contributed by atoms with van der Waals surface area (Å²) in [4.78, 5) is 35.0. The number of anilines is 2. The van der Waals surface area contributed by atoms with E-state index < -0.39 is 5.82 Å². The van der Waals surface area contributed by atoms with Crippen molar-refractivity contribution in [3.8, 4) is 22.6 Å². The van der Waals surface area contributed by atoms with Gasteiger partial charge in [0.25, 0.3) is 0 Å². The second-order valence-corrected chi connectivity index (χ2v) is 10.9. The van der Waals surface area contributed by atoms with Gasteiger partial charge in [0.05, 0.1) is 23.1 Å². The molecule has 204 valence electrons. The van der Waals surface area contributed by atoms with E-state index in [2.05, 4.69) is 42.2 Å². The van der Waals surface area contributed by atoms with Gasteiger partial charge in [-0.3, -0.25) is 19.9 Å². The second-order valence-electron chi connectivity index (χ2n) is 10.9. The van der Waals surface area contributed by atoms with Crippen molar-refractivity contribution in [3.63, 3.8) is 0 Å². The average molecular weight is 540 g/mol.